The minimum absolute atomic E-state index is 0.672. The van der Waals surface area contributed by atoms with Crippen LogP contribution < -0.4 is 9.47 Å². The summed E-state index contributed by atoms with van der Waals surface area (Å²) in [7, 11) is 0. The largest absolute Gasteiger partial charge is 0.494 e. The van der Waals surface area contributed by atoms with E-state index in [1.807, 2.05) is 0 Å². The van der Waals surface area contributed by atoms with E-state index in [1.54, 1.807) is 0 Å². The quantitative estimate of drug-likeness (QED) is 0.196. The fourth-order valence-corrected chi connectivity index (χ4v) is 3.88. The van der Waals surface area contributed by atoms with Crippen molar-refractivity contribution in [1.29, 1.82) is 0 Å². The van der Waals surface area contributed by atoms with Crippen molar-refractivity contribution in [2.45, 2.75) is 71.6 Å². The maximum absolute atomic E-state index is 5.88. The molecule has 0 aliphatic carbocycles. The molecule has 2 rings (SSSR count). The first-order chi connectivity index (χ1) is 14.7. The highest BCUT2D eigenvalue weighted by molar-refractivity contribution is 6.17. The van der Waals surface area contributed by atoms with E-state index in [1.165, 1.54) is 43.2 Å². The maximum Gasteiger partial charge on any atom is 0.119 e. The summed E-state index contributed by atoms with van der Waals surface area (Å²) in [5.74, 6) is 3.31. The van der Waals surface area contributed by atoms with Gasteiger partial charge in [-0.25, -0.2) is 0 Å². The van der Waals surface area contributed by atoms with Gasteiger partial charge in [0.1, 0.15) is 11.5 Å². The van der Waals surface area contributed by atoms with Crippen molar-refractivity contribution in [3.8, 4) is 22.6 Å². The fraction of sp³-hybridized carbons (Fsp3) is 0.556. The molecular weight excluding hydrogens is 392 g/mol. The van der Waals surface area contributed by atoms with Gasteiger partial charge in [-0.3, -0.25) is 0 Å². The molecule has 2 aromatic carbocycles. The molecule has 2 aromatic rings. The predicted octanol–water partition coefficient (Wildman–Crippen LogP) is 8.52. The van der Waals surface area contributed by atoms with Crippen molar-refractivity contribution in [1.82, 2.24) is 0 Å². The van der Waals surface area contributed by atoms with Gasteiger partial charge in [0.05, 0.1) is 13.2 Å². The molecule has 0 bridgehead atoms. The highest BCUT2D eigenvalue weighted by atomic mass is 35.5. The molecule has 0 aliphatic rings. The Bertz CT molecular complexity index is 666. The minimum atomic E-state index is 0.672. The highest BCUT2D eigenvalue weighted by Gasteiger charge is 2.03. The van der Waals surface area contributed by atoms with Gasteiger partial charge in [0.2, 0.25) is 0 Å². The van der Waals surface area contributed by atoms with E-state index in [9.17, 15) is 0 Å². The molecule has 0 unspecified atom stereocenters. The Morgan fingerprint density at radius 3 is 1.70 bits per heavy atom. The second-order valence-corrected chi connectivity index (χ2v) is 8.62. The van der Waals surface area contributed by atoms with Gasteiger partial charge in [-0.05, 0) is 67.0 Å². The summed E-state index contributed by atoms with van der Waals surface area (Å²) in [6.45, 7) is 6.07. The second-order valence-electron chi connectivity index (χ2n) is 8.24. The van der Waals surface area contributed by atoms with Crippen molar-refractivity contribution < 1.29 is 9.47 Å². The molecule has 0 fully saturated rings. The van der Waals surface area contributed by atoms with Gasteiger partial charge < -0.3 is 9.47 Å². The van der Waals surface area contributed by atoms with Gasteiger partial charge >= 0.3 is 0 Å². The standard InChI is InChI=1S/C27H39ClO2/c1-3-4-5-6-7-8-21-29-26-15-11-24(12-16-26)25-13-17-27(18-14-25)30-22-9-10-23(2)19-20-28/h11-18,23H,3-10,19-22H2,1-2H3/t23-/m1/s1. The monoisotopic (exact) mass is 430 g/mol. The van der Waals surface area contributed by atoms with Crippen LogP contribution in [0.1, 0.15) is 71.6 Å². The Morgan fingerprint density at radius 2 is 1.17 bits per heavy atom. The van der Waals surface area contributed by atoms with E-state index in [2.05, 4.69) is 62.4 Å². The van der Waals surface area contributed by atoms with Crippen LogP contribution in [0.2, 0.25) is 0 Å². The molecule has 0 amide bonds. The number of alkyl halides is 1. The molecule has 1 atom stereocenters. The third-order valence-corrected chi connectivity index (χ3v) is 5.74. The topological polar surface area (TPSA) is 18.5 Å². The number of unbranched alkanes of at least 4 members (excludes halogenated alkanes) is 5. The third-order valence-electron chi connectivity index (χ3n) is 5.52. The van der Waals surface area contributed by atoms with E-state index >= 15 is 0 Å². The molecule has 0 saturated carbocycles. The van der Waals surface area contributed by atoms with Crippen LogP contribution in [0.25, 0.3) is 11.1 Å². The van der Waals surface area contributed by atoms with E-state index in [0.717, 1.165) is 56.3 Å². The predicted molar refractivity (Wildman–Crippen MR) is 130 cm³/mol. The highest BCUT2D eigenvalue weighted by Crippen LogP contribution is 2.25. The lowest BCUT2D eigenvalue weighted by Gasteiger charge is -2.11. The van der Waals surface area contributed by atoms with E-state index in [4.69, 9.17) is 21.1 Å². The normalized spacial score (nSPS) is 12.0. The minimum Gasteiger partial charge on any atom is -0.494 e. The lowest BCUT2D eigenvalue weighted by atomic mass is 10.0. The summed E-state index contributed by atoms with van der Waals surface area (Å²) in [5, 5.41) is 0. The van der Waals surface area contributed by atoms with Gasteiger partial charge in [0.15, 0.2) is 0 Å². The van der Waals surface area contributed by atoms with Crippen LogP contribution in [-0.4, -0.2) is 19.1 Å². The summed E-state index contributed by atoms with van der Waals surface area (Å²) in [6, 6.07) is 16.8. The van der Waals surface area contributed by atoms with Crippen molar-refractivity contribution in [2.24, 2.45) is 5.92 Å². The number of hydrogen-bond acceptors (Lipinski definition) is 2. The first-order valence-electron chi connectivity index (χ1n) is 11.7. The van der Waals surface area contributed by atoms with Crippen molar-refractivity contribution in [2.75, 3.05) is 19.1 Å². The van der Waals surface area contributed by atoms with Crippen molar-refractivity contribution in [3.05, 3.63) is 48.5 Å². The summed E-state index contributed by atoms with van der Waals surface area (Å²) >= 11 is 5.79. The van der Waals surface area contributed by atoms with Crippen LogP contribution in [0, 0.1) is 5.92 Å². The van der Waals surface area contributed by atoms with Crippen LogP contribution in [0.15, 0.2) is 48.5 Å². The lowest BCUT2D eigenvalue weighted by Crippen LogP contribution is -2.02. The molecule has 30 heavy (non-hydrogen) atoms. The third kappa shape index (κ3) is 9.89. The zero-order valence-corrected chi connectivity index (χ0v) is 19.6. The molecule has 0 N–H and O–H groups in total. The summed E-state index contributed by atoms with van der Waals surface area (Å²) in [5.41, 5.74) is 2.39. The molecule has 0 radical (unpaired) electrons. The molecule has 0 saturated heterocycles. The van der Waals surface area contributed by atoms with Crippen molar-refractivity contribution >= 4 is 11.6 Å². The summed E-state index contributed by atoms with van der Waals surface area (Å²) in [6.07, 6.45) is 11.0. The number of ether oxygens (including phenoxy) is 2. The Hall–Kier alpha value is -1.67. The van der Waals surface area contributed by atoms with Gasteiger partial charge in [-0.1, -0.05) is 70.2 Å². The van der Waals surface area contributed by atoms with Gasteiger partial charge in [0, 0.05) is 5.88 Å². The van der Waals surface area contributed by atoms with Crippen LogP contribution >= 0.6 is 11.6 Å². The SMILES string of the molecule is CCCCCCCCOc1ccc(-c2ccc(OCCC[C@@H](C)CCCl)cc2)cc1. The molecule has 166 valence electrons. The average Bonchev–Trinajstić information content (AvgIpc) is 2.77. The molecule has 0 spiro atoms. The van der Waals surface area contributed by atoms with Crippen LogP contribution in [-0.2, 0) is 0 Å². The van der Waals surface area contributed by atoms with Gasteiger partial charge in [-0.15, -0.1) is 11.6 Å². The molecule has 0 aliphatic heterocycles. The Kier molecular flexibility index (Phi) is 12.4. The first kappa shape index (κ1) is 24.6. The smallest absolute Gasteiger partial charge is 0.119 e. The van der Waals surface area contributed by atoms with Crippen LogP contribution in [0.3, 0.4) is 0 Å². The second kappa shape index (κ2) is 15.2. The molecule has 2 nitrogen and oxygen atoms in total. The maximum atomic E-state index is 5.88. The number of hydrogen-bond donors (Lipinski definition) is 0. The van der Waals surface area contributed by atoms with E-state index in [-0.39, 0.29) is 0 Å². The van der Waals surface area contributed by atoms with E-state index < -0.39 is 0 Å². The lowest BCUT2D eigenvalue weighted by molar-refractivity contribution is 0.294. The molecule has 3 heteroatoms. The number of halogens is 1. The molecular formula is C27H39ClO2. The van der Waals surface area contributed by atoms with Gasteiger partial charge in [0.25, 0.3) is 0 Å². The fourth-order valence-electron chi connectivity index (χ4n) is 3.51. The van der Waals surface area contributed by atoms with Crippen molar-refractivity contribution in [3.63, 3.8) is 0 Å². The Balaban J connectivity index is 1.69. The van der Waals surface area contributed by atoms with Crippen LogP contribution in [0.4, 0.5) is 0 Å². The van der Waals surface area contributed by atoms with Crippen LogP contribution in [0.5, 0.6) is 11.5 Å². The molecule has 0 heterocycles. The number of rotatable bonds is 16. The zero-order chi connectivity index (χ0) is 21.4. The summed E-state index contributed by atoms with van der Waals surface area (Å²) in [4.78, 5) is 0. The molecule has 0 aromatic heterocycles. The van der Waals surface area contributed by atoms with E-state index in [0.29, 0.717) is 5.92 Å². The Labute approximate surface area is 188 Å². The first-order valence-corrected chi connectivity index (χ1v) is 12.3. The summed E-state index contributed by atoms with van der Waals surface area (Å²) < 4.78 is 11.8. The van der Waals surface area contributed by atoms with Gasteiger partial charge in [-0.2, -0.15) is 0 Å². The number of benzene rings is 2. The zero-order valence-electron chi connectivity index (χ0n) is 18.9. The average molecular weight is 431 g/mol. The Morgan fingerprint density at radius 1 is 0.667 bits per heavy atom.